The first-order valence-electron chi connectivity index (χ1n) is 5.35. The maximum absolute atomic E-state index is 12.5. The standard InChI is InChI=1S/C12H13NO4S/c1-9-3-4-10(16-2)11(5-9)18(14,15)12(6-13)7-17-8-12/h3-5H,7-8H2,1-2H3. The van der Waals surface area contributed by atoms with Crippen LogP contribution in [0.25, 0.3) is 0 Å². The van der Waals surface area contributed by atoms with Gasteiger partial charge in [0.15, 0.2) is 0 Å². The number of rotatable bonds is 3. The Bertz CT molecular complexity index is 611. The van der Waals surface area contributed by atoms with Crippen LogP contribution in [-0.4, -0.2) is 33.5 Å². The van der Waals surface area contributed by atoms with E-state index in [1.54, 1.807) is 19.1 Å². The molecular weight excluding hydrogens is 254 g/mol. The summed E-state index contributed by atoms with van der Waals surface area (Å²) >= 11 is 0. The molecule has 1 saturated heterocycles. The third-order valence-electron chi connectivity index (χ3n) is 3.00. The average Bonchev–Trinajstić information content (AvgIpc) is 2.27. The van der Waals surface area contributed by atoms with Crippen LogP contribution in [-0.2, 0) is 14.6 Å². The van der Waals surface area contributed by atoms with Crippen molar-refractivity contribution in [2.75, 3.05) is 20.3 Å². The summed E-state index contributed by atoms with van der Waals surface area (Å²) in [4.78, 5) is 0.0508. The second kappa shape index (κ2) is 4.26. The topological polar surface area (TPSA) is 76.4 Å². The lowest BCUT2D eigenvalue weighted by atomic mass is 10.1. The number of hydrogen-bond donors (Lipinski definition) is 0. The van der Waals surface area contributed by atoms with E-state index in [0.29, 0.717) is 0 Å². The molecule has 2 rings (SSSR count). The van der Waals surface area contributed by atoms with E-state index in [4.69, 9.17) is 14.7 Å². The molecule has 1 fully saturated rings. The van der Waals surface area contributed by atoms with Gasteiger partial charge < -0.3 is 9.47 Å². The number of sulfone groups is 1. The summed E-state index contributed by atoms with van der Waals surface area (Å²) in [5, 5.41) is 9.12. The van der Waals surface area contributed by atoms with Gasteiger partial charge in [-0.3, -0.25) is 0 Å². The Hall–Kier alpha value is -1.58. The second-order valence-electron chi connectivity index (χ2n) is 4.26. The highest BCUT2D eigenvalue weighted by atomic mass is 32.2. The van der Waals surface area contributed by atoms with Gasteiger partial charge in [-0.15, -0.1) is 0 Å². The van der Waals surface area contributed by atoms with Crippen molar-refractivity contribution in [3.8, 4) is 11.8 Å². The molecule has 1 aromatic rings. The summed E-state index contributed by atoms with van der Waals surface area (Å²) in [5.74, 6) is 0.252. The van der Waals surface area contributed by atoms with Gasteiger partial charge in [0.2, 0.25) is 14.6 Å². The van der Waals surface area contributed by atoms with Crippen molar-refractivity contribution < 1.29 is 17.9 Å². The van der Waals surface area contributed by atoms with Crippen LogP contribution in [0.4, 0.5) is 0 Å². The van der Waals surface area contributed by atoms with Crippen molar-refractivity contribution in [3.05, 3.63) is 23.8 Å². The van der Waals surface area contributed by atoms with Crippen molar-refractivity contribution in [3.63, 3.8) is 0 Å². The maximum atomic E-state index is 12.5. The Morgan fingerprint density at radius 3 is 2.56 bits per heavy atom. The molecule has 0 aromatic heterocycles. The van der Waals surface area contributed by atoms with Gasteiger partial charge in [-0.25, -0.2) is 8.42 Å². The molecule has 0 bridgehead atoms. The van der Waals surface area contributed by atoms with Crippen LogP contribution in [0.5, 0.6) is 5.75 Å². The molecule has 1 heterocycles. The van der Waals surface area contributed by atoms with Crippen LogP contribution >= 0.6 is 0 Å². The van der Waals surface area contributed by atoms with Gasteiger partial charge >= 0.3 is 0 Å². The van der Waals surface area contributed by atoms with Crippen molar-refractivity contribution in [1.29, 1.82) is 5.26 Å². The Labute approximate surface area is 106 Å². The zero-order chi connectivity index (χ0) is 13.4. The van der Waals surface area contributed by atoms with Crippen molar-refractivity contribution in [1.82, 2.24) is 0 Å². The lowest BCUT2D eigenvalue weighted by Gasteiger charge is -2.34. The second-order valence-corrected chi connectivity index (χ2v) is 6.48. The minimum Gasteiger partial charge on any atom is -0.495 e. The van der Waals surface area contributed by atoms with Crippen LogP contribution < -0.4 is 4.74 Å². The van der Waals surface area contributed by atoms with Gasteiger partial charge in [-0.2, -0.15) is 5.26 Å². The number of benzene rings is 1. The van der Waals surface area contributed by atoms with Crippen LogP contribution in [0.2, 0.25) is 0 Å². The van der Waals surface area contributed by atoms with Crippen LogP contribution in [0.1, 0.15) is 5.56 Å². The molecule has 18 heavy (non-hydrogen) atoms. The molecule has 1 aliphatic heterocycles. The van der Waals surface area contributed by atoms with Gasteiger partial charge in [0.25, 0.3) is 0 Å². The van der Waals surface area contributed by atoms with Crippen molar-refractivity contribution >= 4 is 9.84 Å². The molecule has 0 amide bonds. The number of hydrogen-bond acceptors (Lipinski definition) is 5. The molecule has 0 spiro atoms. The van der Waals surface area contributed by atoms with Gasteiger partial charge in [-0.1, -0.05) is 6.07 Å². The highest BCUT2D eigenvalue weighted by Crippen LogP contribution is 2.36. The van der Waals surface area contributed by atoms with Crippen LogP contribution in [0.15, 0.2) is 23.1 Å². The summed E-state index contributed by atoms with van der Waals surface area (Å²) in [6.45, 7) is 1.60. The zero-order valence-corrected chi connectivity index (χ0v) is 11.0. The van der Waals surface area contributed by atoms with Gasteiger partial charge in [-0.05, 0) is 24.6 Å². The third-order valence-corrected chi connectivity index (χ3v) is 5.25. The van der Waals surface area contributed by atoms with Gasteiger partial charge in [0.05, 0.1) is 26.4 Å². The highest BCUT2D eigenvalue weighted by Gasteiger charge is 2.53. The number of nitrogens with zero attached hydrogens (tertiary/aromatic N) is 1. The van der Waals surface area contributed by atoms with Crippen molar-refractivity contribution in [2.24, 2.45) is 0 Å². The predicted molar refractivity (Wildman–Crippen MR) is 64.1 cm³/mol. The molecule has 6 heteroatoms. The van der Waals surface area contributed by atoms with E-state index < -0.39 is 14.6 Å². The van der Waals surface area contributed by atoms with Crippen LogP contribution in [0, 0.1) is 18.3 Å². The third kappa shape index (κ3) is 1.67. The highest BCUT2D eigenvalue weighted by molar-refractivity contribution is 7.93. The number of methoxy groups -OCH3 is 1. The summed E-state index contributed by atoms with van der Waals surface area (Å²) in [6, 6.07) is 6.72. The van der Waals surface area contributed by atoms with E-state index in [-0.39, 0.29) is 23.9 Å². The lowest BCUT2D eigenvalue weighted by Crippen LogP contribution is -2.54. The first kappa shape index (κ1) is 12.9. The molecule has 0 unspecified atom stereocenters. The summed E-state index contributed by atoms with van der Waals surface area (Å²) in [6.07, 6.45) is 0. The Kier molecular flexibility index (Phi) is 3.05. The molecule has 0 radical (unpaired) electrons. The molecule has 0 saturated carbocycles. The molecular formula is C12H13NO4S. The van der Waals surface area contributed by atoms with E-state index in [1.165, 1.54) is 13.2 Å². The fourth-order valence-corrected chi connectivity index (χ4v) is 3.55. The van der Waals surface area contributed by atoms with Crippen LogP contribution in [0.3, 0.4) is 0 Å². The van der Waals surface area contributed by atoms with E-state index in [0.717, 1.165) is 5.56 Å². The predicted octanol–water partition coefficient (Wildman–Crippen LogP) is 1.07. The summed E-state index contributed by atoms with van der Waals surface area (Å²) in [7, 11) is -2.39. The zero-order valence-electron chi connectivity index (χ0n) is 10.1. The molecule has 0 N–H and O–H groups in total. The van der Waals surface area contributed by atoms with E-state index >= 15 is 0 Å². The van der Waals surface area contributed by atoms with E-state index in [1.807, 2.05) is 6.07 Å². The van der Waals surface area contributed by atoms with E-state index in [9.17, 15) is 8.42 Å². The number of aryl methyl sites for hydroxylation is 1. The summed E-state index contributed by atoms with van der Waals surface area (Å²) in [5.41, 5.74) is 0.794. The Balaban J connectivity index is 2.61. The number of nitriles is 1. The quantitative estimate of drug-likeness (QED) is 0.818. The minimum absolute atomic E-state index is 0.0508. The first-order chi connectivity index (χ1) is 8.47. The largest absolute Gasteiger partial charge is 0.495 e. The monoisotopic (exact) mass is 267 g/mol. The lowest BCUT2D eigenvalue weighted by molar-refractivity contribution is 0.0115. The van der Waals surface area contributed by atoms with E-state index in [2.05, 4.69) is 0 Å². The Morgan fingerprint density at radius 1 is 1.44 bits per heavy atom. The molecule has 0 aliphatic carbocycles. The van der Waals surface area contributed by atoms with Crippen molar-refractivity contribution in [2.45, 2.75) is 16.6 Å². The normalized spacial score (nSPS) is 17.6. The fraction of sp³-hybridized carbons (Fsp3) is 0.417. The summed E-state index contributed by atoms with van der Waals surface area (Å²) < 4.78 is 33.5. The molecule has 5 nitrogen and oxygen atoms in total. The molecule has 1 aliphatic rings. The average molecular weight is 267 g/mol. The SMILES string of the molecule is COc1ccc(C)cc1S(=O)(=O)C1(C#N)COC1. The van der Waals surface area contributed by atoms with Gasteiger partial charge in [0.1, 0.15) is 10.6 Å². The fourth-order valence-electron chi connectivity index (χ4n) is 1.77. The molecule has 1 aromatic carbocycles. The molecule has 96 valence electrons. The Morgan fingerprint density at radius 2 is 2.11 bits per heavy atom. The molecule has 0 atom stereocenters. The number of ether oxygens (including phenoxy) is 2. The van der Waals surface area contributed by atoms with Gasteiger partial charge in [0, 0.05) is 0 Å². The smallest absolute Gasteiger partial charge is 0.209 e. The minimum atomic E-state index is -3.79. The first-order valence-corrected chi connectivity index (χ1v) is 6.83. The maximum Gasteiger partial charge on any atom is 0.209 e.